The number of piperazine rings is 1. The molecule has 1 saturated heterocycles. The number of phenols is 1. The molecular weight excluding hydrogens is 404 g/mol. The van der Waals surface area contributed by atoms with Crippen LogP contribution in [0.15, 0.2) is 36.8 Å². The summed E-state index contributed by atoms with van der Waals surface area (Å²) >= 11 is 0. The van der Waals surface area contributed by atoms with E-state index in [0.717, 1.165) is 41.4 Å². The number of phenolic OH excluding ortho intramolecular Hbond substituents is 1. The lowest BCUT2D eigenvalue weighted by Crippen LogP contribution is -2.54. The van der Waals surface area contributed by atoms with E-state index in [1.165, 1.54) is 0 Å². The minimum atomic E-state index is 0.108. The van der Waals surface area contributed by atoms with Crippen molar-refractivity contribution in [2.24, 2.45) is 0 Å². The van der Waals surface area contributed by atoms with Gasteiger partial charge in [-0.15, -0.1) is 10.2 Å². The molecule has 0 bridgehead atoms. The average molecular weight is 431 g/mol. The molecule has 0 radical (unpaired) electrons. The lowest BCUT2D eigenvalue weighted by atomic mass is 10.1. The highest BCUT2D eigenvalue weighted by Gasteiger charge is 2.23. The van der Waals surface area contributed by atoms with Crippen LogP contribution in [0.4, 0.5) is 5.95 Å². The van der Waals surface area contributed by atoms with Gasteiger partial charge < -0.3 is 19.7 Å². The van der Waals surface area contributed by atoms with Crippen molar-refractivity contribution in [2.45, 2.75) is 39.8 Å². The zero-order valence-electron chi connectivity index (χ0n) is 18.6. The third kappa shape index (κ3) is 3.75. The van der Waals surface area contributed by atoms with Crippen LogP contribution in [0.3, 0.4) is 0 Å². The quantitative estimate of drug-likeness (QED) is 0.511. The molecule has 2 N–H and O–H groups in total. The van der Waals surface area contributed by atoms with Crippen LogP contribution in [0.2, 0.25) is 0 Å². The molecule has 9 heteroatoms. The molecular formula is C23H26N8O. The van der Waals surface area contributed by atoms with Gasteiger partial charge in [0.05, 0.1) is 23.3 Å². The number of nitrogens with zero attached hydrogens (tertiary/aromatic N) is 7. The van der Waals surface area contributed by atoms with Gasteiger partial charge in [0, 0.05) is 48.7 Å². The Labute approximate surface area is 186 Å². The van der Waals surface area contributed by atoms with E-state index in [2.05, 4.69) is 49.2 Å². The summed E-state index contributed by atoms with van der Waals surface area (Å²) in [6, 6.07) is 6.16. The van der Waals surface area contributed by atoms with Crippen LogP contribution in [0.5, 0.6) is 5.75 Å². The molecule has 0 amide bonds. The van der Waals surface area contributed by atoms with Gasteiger partial charge in [-0.3, -0.25) is 0 Å². The zero-order chi connectivity index (χ0) is 22.4. The van der Waals surface area contributed by atoms with Crippen molar-refractivity contribution in [1.82, 2.24) is 34.9 Å². The normalized spacial score (nSPS) is 18.9. The monoisotopic (exact) mass is 430 g/mol. The Kier molecular flexibility index (Phi) is 4.97. The van der Waals surface area contributed by atoms with E-state index in [1.807, 2.05) is 42.8 Å². The fourth-order valence-corrected chi connectivity index (χ4v) is 4.35. The minimum Gasteiger partial charge on any atom is -0.507 e. The van der Waals surface area contributed by atoms with Gasteiger partial charge in [-0.05, 0) is 39.8 Å². The van der Waals surface area contributed by atoms with Gasteiger partial charge in [-0.2, -0.15) is 0 Å². The number of hydrogen-bond donors (Lipinski definition) is 2. The van der Waals surface area contributed by atoms with E-state index in [0.29, 0.717) is 29.3 Å². The van der Waals surface area contributed by atoms with Gasteiger partial charge in [0.1, 0.15) is 11.4 Å². The van der Waals surface area contributed by atoms with Gasteiger partial charge in [0.15, 0.2) is 5.65 Å². The van der Waals surface area contributed by atoms with Crippen LogP contribution in [0, 0.1) is 13.8 Å². The van der Waals surface area contributed by atoms with Crippen molar-refractivity contribution in [3.8, 4) is 28.3 Å². The number of nitrogens with one attached hydrogen (secondary N) is 1. The maximum Gasteiger partial charge on any atom is 0.245 e. The van der Waals surface area contributed by atoms with Crippen molar-refractivity contribution in [1.29, 1.82) is 0 Å². The molecule has 9 nitrogen and oxygen atoms in total. The van der Waals surface area contributed by atoms with E-state index < -0.39 is 0 Å². The first-order valence-corrected chi connectivity index (χ1v) is 10.7. The SMILES string of the molecule is Cc1cn2cc(-c3ccc(-c4cnc(N5C[C@@H](C)N[C@@H](C)C5)nn4)c(O)c3)nc(C)c2n1. The molecule has 1 aliphatic rings. The first-order valence-electron chi connectivity index (χ1n) is 10.7. The maximum absolute atomic E-state index is 10.7. The molecule has 0 spiro atoms. The van der Waals surface area contributed by atoms with E-state index in [4.69, 9.17) is 0 Å². The topological polar surface area (TPSA) is 104 Å². The fourth-order valence-electron chi connectivity index (χ4n) is 4.35. The molecule has 32 heavy (non-hydrogen) atoms. The Bertz CT molecular complexity index is 1270. The summed E-state index contributed by atoms with van der Waals surface area (Å²) in [6.07, 6.45) is 5.55. The van der Waals surface area contributed by atoms with Crippen LogP contribution in [0.1, 0.15) is 25.2 Å². The number of rotatable bonds is 3. The minimum absolute atomic E-state index is 0.108. The van der Waals surface area contributed by atoms with Crippen molar-refractivity contribution < 1.29 is 5.11 Å². The van der Waals surface area contributed by atoms with Crippen LogP contribution < -0.4 is 10.2 Å². The summed E-state index contributed by atoms with van der Waals surface area (Å²) < 4.78 is 1.96. The summed E-state index contributed by atoms with van der Waals surface area (Å²) in [7, 11) is 0. The van der Waals surface area contributed by atoms with Gasteiger partial charge in [-0.1, -0.05) is 6.07 Å². The smallest absolute Gasteiger partial charge is 0.245 e. The lowest BCUT2D eigenvalue weighted by Gasteiger charge is -2.35. The third-order valence-corrected chi connectivity index (χ3v) is 5.69. The molecule has 1 aromatic carbocycles. The summed E-state index contributed by atoms with van der Waals surface area (Å²) in [5.41, 5.74) is 5.28. The van der Waals surface area contributed by atoms with Crippen molar-refractivity contribution >= 4 is 11.6 Å². The summed E-state index contributed by atoms with van der Waals surface area (Å²) in [6.45, 7) is 9.84. The number of aryl methyl sites for hydroxylation is 2. The summed E-state index contributed by atoms with van der Waals surface area (Å²) in [5, 5.41) is 22.9. The second-order valence-electron chi connectivity index (χ2n) is 8.57. The highest BCUT2D eigenvalue weighted by Crippen LogP contribution is 2.32. The predicted octanol–water partition coefficient (Wildman–Crippen LogP) is 2.76. The van der Waals surface area contributed by atoms with Gasteiger partial charge in [-0.25, -0.2) is 15.0 Å². The number of benzene rings is 1. The van der Waals surface area contributed by atoms with Crippen LogP contribution >= 0.6 is 0 Å². The van der Waals surface area contributed by atoms with E-state index in [9.17, 15) is 5.11 Å². The first kappa shape index (κ1) is 20.3. The molecule has 1 aliphatic heterocycles. The molecule has 3 aromatic heterocycles. The molecule has 164 valence electrons. The molecule has 2 atom stereocenters. The number of hydrogen-bond acceptors (Lipinski definition) is 8. The number of aromatic hydroxyl groups is 1. The second kappa shape index (κ2) is 7.83. The number of imidazole rings is 1. The number of anilines is 1. The van der Waals surface area contributed by atoms with Crippen molar-refractivity contribution in [2.75, 3.05) is 18.0 Å². The van der Waals surface area contributed by atoms with Gasteiger partial charge in [0.2, 0.25) is 5.95 Å². The Hall–Kier alpha value is -3.59. The zero-order valence-corrected chi connectivity index (χ0v) is 18.6. The molecule has 4 heterocycles. The van der Waals surface area contributed by atoms with E-state index >= 15 is 0 Å². The molecule has 1 fully saturated rings. The first-order chi connectivity index (χ1) is 15.4. The van der Waals surface area contributed by atoms with Crippen molar-refractivity contribution in [3.63, 3.8) is 0 Å². The average Bonchev–Trinajstić information content (AvgIpc) is 3.14. The summed E-state index contributed by atoms with van der Waals surface area (Å²) in [4.78, 5) is 15.8. The molecule has 0 saturated carbocycles. The molecule has 0 unspecified atom stereocenters. The number of aromatic nitrogens is 6. The van der Waals surface area contributed by atoms with Crippen LogP contribution in [-0.4, -0.2) is 59.8 Å². The van der Waals surface area contributed by atoms with Crippen LogP contribution in [0.25, 0.3) is 28.2 Å². The standard InChI is InChI=1S/C23H26N8O/c1-13-10-31(11-14(2)25-13)23-24-8-19(28-29-23)18-6-5-17(7-21(18)32)20-12-30-9-15(3)26-22(30)16(4)27-20/h5-9,12-14,25,32H,10-11H2,1-4H3/t13-,14+. The second-order valence-corrected chi connectivity index (χ2v) is 8.57. The highest BCUT2D eigenvalue weighted by molar-refractivity contribution is 5.73. The predicted molar refractivity (Wildman–Crippen MR) is 123 cm³/mol. The van der Waals surface area contributed by atoms with Crippen molar-refractivity contribution in [3.05, 3.63) is 48.2 Å². The van der Waals surface area contributed by atoms with E-state index in [-0.39, 0.29) is 5.75 Å². The Balaban J connectivity index is 1.42. The fraction of sp³-hybridized carbons (Fsp3) is 0.348. The molecule has 4 aromatic rings. The Morgan fingerprint density at radius 3 is 2.47 bits per heavy atom. The van der Waals surface area contributed by atoms with Gasteiger partial charge >= 0.3 is 0 Å². The summed E-state index contributed by atoms with van der Waals surface area (Å²) in [5.74, 6) is 0.714. The maximum atomic E-state index is 10.7. The van der Waals surface area contributed by atoms with Crippen LogP contribution in [-0.2, 0) is 0 Å². The Morgan fingerprint density at radius 2 is 1.78 bits per heavy atom. The molecule has 0 aliphatic carbocycles. The van der Waals surface area contributed by atoms with Gasteiger partial charge in [0.25, 0.3) is 0 Å². The lowest BCUT2D eigenvalue weighted by molar-refractivity contribution is 0.402. The largest absolute Gasteiger partial charge is 0.507 e. The number of fused-ring (bicyclic) bond motifs is 1. The molecule has 5 rings (SSSR count). The third-order valence-electron chi connectivity index (χ3n) is 5.69. The Morgan fingerprint density at radius 1 is 1.00 bits per heavy atom. The highest BCUT2D eigenvalue weighted by atomic mass is 16.3. The van der Waals surface area contributed by atoms with E-state index in [1.54, 1.807) is 12.3 Å².